The fourth-order valence-electron chi connectivity index (χ4n) is 16.2. The van der Waals surface area contributed by atoms with Crippen LogP contribution in [0.3, 0.4) is 0 Å². The van der Waals surface area contributed by atoms with E-state index < -0.39 is 0 Å². The second-order valence-electron chi connectivity index (χ2n) is 27.2. The van der Waals surface area contributed by atoms with Crippen molar-refractivity contribution in [3.63, 3.8) is 0 Å². The van der Waals surface area contributed by atoms with Crippen LogP contribution in [0, 0.1) is 0 Å². The molecule has 0 aliphatic rings. The van der Waals surface area contributed by atoms with Gasteiger partial charge in [0.2, 0.25) is 23.6 Å². The van der Waals surface area contributed by atoms with Crippen LogP contribution in [0.5, 0.6) is 0 Å². The number of hydrogen-bond acceptors (Lipinski definition) is 9. The Bertz CT molecular complexity index is 7380. The zero-order valence-corrected chi connectivity index (χ0v) is 57.1. The fraction of sp³-hybridized carbons (Fsp3) is 0. The number of rotatable bonds is 10. The third kappa shape index (κ3) is 9.04. The fourth-order valence-corrected chi connectivity index (χ4v) is 17.5. The topological polar surface area (TPSA) is 119 Å². The van der Waals surface area contributed by atoms with E-state index in [0.29, 0.717) is 23.6 Å². The molecule has 15 aromatic carbocycles. The van der Waals surface area contributed by atoms with E-state index in [-0.39, 0.29) is 0 Å². The quantitative estimate of drug-likeness (QED) is 0.133. The molecule has 12 heteroatoms. The van der Waals surface area contributed by atoms with Gasteiger partial charge in [-0.25, -0.2) is 19.9 Å². The molecule has 0 aliphatic heterocycles. The molecule has 0 unspecified atom stereocenters. The van der Waals surface area contributed by atoms with E-state index in [1.165, 1.54) is 47.5 Å². The number of para-hydroxylation sites is 9. The maximum Gasteiger partial charge on any atom is 0.227 e. The van der Waals surface area contributed by atoms with Crippen molar-refractivity contribution in [2.24, 2.45) is 0 Å². The molecule has 106 heavy (non-hydrogen) atoms. The van der Waals surface area contributed by atoms with E-state index in [9.17, 15) is 0 Å². The van der Waals surface area contributed by atoms with E-state index >= 15 is 0 Å². The standard InChI is InChI=1S/C94H53N7O4S/c1-2-16-62(17-3-1)99-79-27-8-4-19-67(79)69-48-56(33-41-80(69)99)55-15-12-18-64(47-55)101-83-44-36-60(93-97-77-25-7-11-30-87(77)104-93)52-72(83)73-53-61(37-45-84(73)101)94-98-78-26-14-20-65(89(78)105-94)57-38-46-88-74(49-57)68-22-13-21-66(90(68)106-88)54-31-39-63(40-32-54)100-81-42-34-58(91-95-75-23-5-9-28-85(75)102-91)50-70(81)71-51-59(35-43-82(71)100)92-96-76-24-6-10-29-86(76)103-92/h1-53H. The summed E-state index contributed by atoms with van der Waals surface area (Å²) in [6.45, 7) is 0. The van der Waals surface area contributed by atoms with Gasteiger partial charge in [0.05, 0.1) is 33.1 Å². The Labute approximate surface area is 606 Å². The lowest BCUT2D eigenvalue weighted by molar-refractivity contribution is 0.619. The Balaban J connectivity index is 0.596. The van der Waals surface area contributed by atoms with E-state index in [1.54, 1.807) is 0 Å². The average Bonchev–Trinajstić information content (AvgIpc) is 1.59. The molecule has 0 radical (unpaired) electrons. The Morgan fingerprint density at radius 3 is 1.20 bits per heavy atom. The van der Waals surface area contributed by atoms with Crippen molar-refractivity contribution in [2.45, 2.75) is 0 Å². The van der Waals surface area contributed by atoms with Crippen molar-refractivity contribution in [2.75, 3.05) is 0 Å². The van der Waals surface area contributed by atoms with E-state index in [0.717, 1.165) is 155 Å². The summed E-state index contributed by atoms with van der Waals surface area (Å²) >= 11 is 1.82. The zero-order chi connectivity index (χ0) is 69.2. The first-order chi connectivity index (χ1) is 52.5. The lowest BCUT2D eigenvalue weighted by atomic mass is 9.99. The van der Waals surface area contributed by atoms with Gasteiger partial charge in [-0.3, -0.25) is 0 Å². The van der Waals surface area contributed by atoms with Gasteiger partial charge in [-0.1, -0.05) is 140 Å². The first-order valence-corrected chi connectivity index (χ1v) is 36.2. The van der Waals surface area contributed by atoms with Crippen molar-refractivity contribution >= 4 is 141 Å². The Morgan fingerprint density at radius 2 is 0.613 bits per heavy atom. The van der Waals surface area contributed by atoms with Crippen LogP contribution in [0.25, 0.3) is 226 Å². The van der Waals surface area contributed by atoms with Crippen LogP contribution in [0.2, 0.25) is 0 Å². The van der Waals surface area contributed by atoms with Crippen LogP contribution in [0.4, 0.5) is 0 Å². The summed E-state index contributed by atoms with van der Waals surface area (Å²) in [5.74, 6) is 2.26. The molecule has 0 amide bonds. The SMILES string of the molecule is c1ccc(-n2c3ccccc3c3cc(-c4cccc(-n5c6ccc(-c7nc8ccccc8o7)cc6c6cc(-c7nc8cccc(-c9ccc%10sc%11c(-c%12ccc(-n%13c%14ccc(-c%15nc%16ccccc%16o%15)cc%14c%14cc(-c%15nc%16ccccc%16o%15)ccc%14%13)cc%12)cccc%11c%10c9)c8o7)ccc65)c4)ccc32)cc1. The molecule has 0 N–H and O–H groups in total. The minimum atomic E-state index is 0.540. The Hall–Kier alpha value is -14.2. The molecule has 23 rings (SSSR count). The summed E-state index contributed by atoms with van der Waals surface area (Å²) in [7, 11) is 0. The number of hydrogen-bond donors (Lipinski definition) is 0. The summed E-state index contributed by atoms with van der Waals surface area (Å²) in [6, 6.07) is 113. The van der Waals surface area contributed by atoms with Gasteiger partial charge in [0.1, 0.15) is 22.1 Å². The number of nitrogens with zero attached hydrogens (tertiary/aromatic N) is 7. The zero-order valence-electron chi connectivity index (χ0n) is 56.3. The predicted octanol–water partition coefficient (Wildman–Crippen LogP) is 25.6. The summed E-state index contributed by atoms with van der Waals surface area (Å²) in [5, 5.41) is 9.02. The first kappa shape index (κ1) is 58.4. The normalized spacial score (nSPS) is 12.2. The van der Waals surface area contributed by atoms with Crippen molar-refractivity contribution in [3.05, 3.63) is 322 Å². The highest BCUT2D eigenvalue weighted by Gasteiger charge is 2.24. The monoisotopic (exact) mass is 1380 g/mol. The molecule has 494 valence electrons. The number of fused-ring (bicyclic) bond motifs is 16. The molecule has 0 atom stereocenters. The Morgan fingerprint density at radius 1 is 0.226 bits per heavy atom. The molecule has 8 heterocycles. The highest BCUT2D eigenvalue weighted by Crippen LogP contribution is 2.46. The van der Waals surface area contributed by atoms with Crippen LogP contribution < -0.4 is 0 Å². The lowest BCUT2D eigenvalue weighted by Gasteiger charge is -2.11. The van der Waals surface area contributed by atoms with Crippen LogP contribution in [-0.2, 0) is 0 Å². The van der Waals surface area contributed by atoms with Crippen molar-refractivity contribution in [1.29, 1.82) is 0 Å². The summed E-state index contributed by atoms with van der Waals surface area (Å²) in [4.78, 5) is 20.0. The van der Waals surface area contributed by atoms with Gasteiger partial charge in [0.25, 0.3) is 0 Å². The number of oxazole rings is 4. The van der Waals surface area contributed by atoms with Gasteiger partial charge in [-0.15, -0.1) is 11.3 Å². The molecule has 0 spiro atoms. The molecule has 0 fully saturated rings. The van der Waals surface area contributed by atoms with Crippen LogP contribution in [0.1, 0.15) is 0 Å². The highest BCUT2D eigenvalue weighted by molar-refractivity contribution is 7.26. The van der Waals surface area contributed by atoms with Crippen molar-refractivity contribution in [3.8, 4) is 96.3 Å². The van der Waals surface area contributed by atoms with Crippen LogP contribution >= 0.6 is 11.3 Å². The molecule has 23 aromatic rings. The van der Waals surface area contributed by atoms with E-state index in [2.05, 4.69) is 256 Å². The van der Waals surface area contributed by atoms with Crippen LogP contribution in [-0.4, -0.2) is 33.6 Å². The van der Waals surface area contributed by atoms with Gasteiger partial charge in [-0.05, 0) is 210 Å². The van der Waals surface area contributed by atoms with Gasteiger partial charge in [-0.2, -0.15) is 0 Å². The van der Waals surface area contributed by atoms with Gasteiger partial charge >= 0.3 is 0 Å². The molecule has 0 bridgehead atoms. The van der Waals surface area contributed by atoms with E-state index in [4.69, 9.17) is 37.6 Å². The minimum absolute atomic E-state index is 0.540. The number of aromatic nitrogens is 7. The lowest BCUT2D eigenvalue weighted by Crippen LogP contribution is -1.95. The van der Waals surface area contributed by atoms with Crippen molar-refractivity contribution in [1.82, 2.24) is 33.6 Å². The second-order valence-corrected chi connectivity index (χ2v) is 28.3. The minimum Gasteiger partial charge on any atom is -0.436 e. The van der Waals surface area contributed by atoms with E-state index in [1.807, 2.05) is 90.2 Å². The Kier molecular flexibility index (Phi) is 12.5. The van der Waals surface area contributed by atoms with Crippen molar-refractivity contribution < 1.29 is 17.7 Å². The van der Waals surface area contributed by atoms with Gasteiger partial charge in [0.15, 0.2) is 22.3 Å². The maximum atomic E-state index is 7.02. The highest BCUT2D eigenvalue weighted by atomic mass is 32.1. The summed E-state index contributed by atoms with van der Waals surface area (Å²) in [5.41, 5.74) is 26.1. The average molecular weight is 1380 g/mol. The third-order valence-electron chi connectivity index (χ3n) is 21.2. The molecule has 8 aromatic heterocycles. The molecular weight excluding hydrogens is 1320 g/mol. The number of thiophene rings is 1. The smallest absolute Gasteiger partial charge is 0.227 e. The molecule has 0 saturated carbocycles. The summed E-state index contributed by atoms with van der Waals surface area (Å²) < 4.78 is 35.6. The van der Waals surface area contributed by atoms with Crippen LogP contribution in [0.15, 0.2) is 339 Å². The van der Waals surface area contributed by atoms with Gasteiger partial charge < -0.3 is 31.4 Å². The molecule has 0 saturated heterocycles. The molecule has 11 nitrogen and oxygen atoms in total. The largest absolute Gasteiger partial charge is 0.436 e. The third-order valence-corrected chi connectivity index (χ3v) is 22.4. The number of benzene rings is 15. The maximum absolute atomic E-state index is 7.02. The molecular formula is C94H53N7O4S. The summed E-state index contributed by atoms with van der Waals surface area (Å²) in [6.07, 6.45) is 0. The first-order valence-electron chi connectivity index (χ1n) is 35.4. The predicted molar refractivity (Wildman–Crippen MR) is 431 cm³/mol. The molecule has 0 aliphatic carbocycles. The second kappa shape index (κ2) is 22.6. The van der Waals surface area contributed by atoms with Gasteiger partial charge in [0, 0.05) is 97.4 Å².